The quantitative estimate of drug-likeness (QED) is 0.326. The molecule has 164 valence electrons. The van der Waals surface area contributed by atoms with E-state index >= 15 is 0 Å². The largest absolute Gasteiger partial charge is 0.459 e. The molecule has 1 saturated heterocycles. The fourth-order valence-electron chi connectivity index (χ4n) is 3.34. The van der Waals surface area contributed by atoms with E-state index in [0.29, 0.717) is 11.3 Å². The van der Waals surface area contributed by atoms with E-state index in [1.807, 2.05) is 0 Å². The summed E-state index contributed by atoms with van der Waals surface area (Å²) in [5, 5.41) is 38.9. The van der Waals surface area contributed by atoms with E-state index in [0.717, 1.165) is 0 Å². The van der Waals surface area contributed by atoms with Crippen LogP contribution in [0, 0.1) is 5.82 Å². The van der Waals surface area contributed by atoms with Gasteiger partial charge in [0.2, 0.25) is 0 Å². The van der Waals surface area contributed by atoms with E-state index in [-0.39, 0.29) is 5.76 Å². The van der Waals surface area contributed by atoms with Crippen LogP contribution in [0.25, 0.3) is 11.3 Å². The van der Waals surface area contributed by atoms with Crippen LogP contribution in [-0.4, -0.2) is 67.4 Å². The summed E-state index contributed by atoms with van der Waals surface area (Å²) in [5.74, 6) is -1.03. The van der Waals surface area contributed by atoms with Crippen molar-refractivity contribution >= 4 is 5.91 Å². The molecule has 0 unspecified atom stereocenters. The summed E-state index contributed by atoms with van der Waals surface area (Å²) in [6.45, 7) is -0.555. The van der Waals surface area contributed by atoms with Crippen molar-refractivity contribution in [2.45, 2.75) is 30.6 Å². The Labute approximate surface area is 175 Å². The number of benzene rings is 1. The molecule has 1 aliphatic rings. The Morgan fingerprint density at radius 2 is 2.06 bits per heavy atom. The highest BCUT2D eigenvalue weighted by Crippen LogP contribution is 2.30. The van der Waals surface area contributed by atoms with Crippen LogP contribution in [0.4, 0.5) is 4.39 Å². The number of hydrazine groups is 1. The Bertz CT molecular complexity index is 1030. The minimum Gasteiger partial charge on any atom is -0.459 e. The summed E-state index contributed by atoms with van der Waals surface area (Å²) in [5.41, 5.74) is 5.64. The molecule has 1 aromatic carbocycles. The van der Waals surface area contributed by atoms with E-state index in [2.05, 4.69) is 21.2 Å². The molecule has 0 spiro atoms. The lowest BCUT2D eigenvalue weighted by Crippen LogP contribution is -2.62. The molecule has 31 heavy (non-hydrogen) atoms. The highest BCUT2D eigenvalue weighted by Gasteiger charge is 2.46. The number of carbonyl (C=O) groups excluding carboxylic acids is 1. The number of aliphatic hydroxyl groups excluding tert-OH is 3. The van der Waals surface area contributed by atoms with Crippen LogP contribution in [0.15, 0.2) is 53.3 Å². The van der Waals surface area contributed by atoms with Gasteiger partial charge in [0.15, 0.2) is 12.0 Å². The summed E-state index contributed by atoms with van der Waals surface area (Å²) >= 11 is 0. The molecule has 5 atom stereocenters. The maximum absolute atomic E-state index is 13.5. The summed E-state index contributed by atoms with van der Waals surface area (Å²) in [4.78, 5) is 12.0. The molecule has 1 fully saturated rings. The number of nitrogens with one attached hydrogen (secondary N) is 2. The van der Waals surface area contributed by atoms with E-state index in [9.17, 15) is 24.5 Å². The van der Waals surface area contributed by atoms with Crippen LogP contribution in [0.1, 0.15) is 16.6 Å². The van der Waals surface area contributed by atoms with Crippen LogP contribution < -0.4 is 10.9 Å². The van der Waals surface area contributed by atoms with Crippen LogP contribution in [0.3, 0.4) is 0 Å². The number of amides is 1. The zero-order chi connectivity index (χ0) is 22.0. The van der Waals surface area contributed by atoms with Crippen LogP contribution in [-0.2, 0) is 4.74 Å². The van der Waals surface area contributed by atoms with Gasteiger partial charge in [-0.15, -0.1) is 5.10 Å². The summed E-state index contributed by atoms with van der Waals surface area (Å²) in [7, 11) is 0. The molecule has 0 radical (unpaired) electrons. The molecule has 5 N–H and O–H groups in total. The molecule has 2 aromatic heterocycles. The topological polar surface area (TPSA) is 155 Å². The lowest BCUT2D eigenvalue weighted by atomic mass is 9.95. The molecule has 0 saturated carbocycles. The van der Waals surface area contributed by atoms with Crippen LogP contribution in [0.5, 0.6) is 0 Å². The van der Waals surface area contributed by atoms with Gasteiger partial charge in [0.25, 0.3) is 0 Å². The minimum atomic E-state index is -1.41. The smallest absolute Gasteiger partial charge is 0.301 e. The number of aromatic nitrogens is 3. The van der Waals surface area contributed by atoms with Crippen molar-refractivity contribution in [1.82, 2.24) is 25.8 Å². The van der Waals surface area contributed by atoms with Gasteiger partial charge in [-0.3, -0.25) is 10.2 Å². The van der Waals surface area contributed by atoms with Gasteiger partial charge in [-0.1, -0.05) is 17.3 Å². The summed E-state index contributed by atoms with van der Waals surface area (Å²) in [6, 6.07) is 7.62. The Balaban J connectivity index is 1.53. The first kappa shape index (κ1) is 21.1. The minimum absolute atomic E-state index is 0.0316. The Hall–Kier alpha value is -3.16. The predicted molar refractivity (Wildman–Crippen MR) is 102 cm³/mol. The van der Waals surface area contributed by atoms with Crippen molar-refractivity contribution in [1.29, 1.82) is 0 Å². The Morgan fingerprint density at radius 1 is 1.23 bits per heavy atom. The van der Waals surface area contributed by atoms with Crippen molar-refractivity contribution in [3.05, 3.63) is 60.4 Å². The van der Waals surface area contributed by atoms with Gasteiger partial charge in [-0.2, -0.15) is 0 Å². The summed E-state index contributed by atoms with van der Waals surface area (Å²) < 4.78 is 25.2. The molecular weight excluding hydrogens is 413 g/mol. The summed E-state index contributed by atoms with van der Waals surface area (Å²) in [6.07, 6.45) is -2.28. The standard InChI is InChI=1S/C19H20FN5O6/c20-11-4-1-3-10(7-11)12-8-25(24-21-12)15-16(27)14(9-26)31-19(17(15)28)23-22-18(29)13-5-2-6-30-13/h1-8,14-17,19,23,26-28H,9H2,(H,22,29)/t14-,15+,16+,17-,19-/m0/s1. The first-order chi connectivity index (χ1) is 15.0. The van der Waals surface area contributed by atoms with E-state index < -0.39 is 48.9 Å². The zero-order valence-corrected chi connectivity index (χ0v) is 16.0. The van der Waals surface area contributed by atoms with Crippen molar-refractivity contribution in [3.63, 3.8) is 0 Å². The maximum Gasteiger partial charge on any atom is 0.301 e. The van der Waals surface area contributed by atoms with Gasteiger partial charge >= 0.3 is 5.91 Å². The first-order valence-electron chi connectivity index (χ1n) is 9.37. The van der Waals surface area contributed by atoms with Crippen LogP contribution in [0.2, 0.25) is 0 Å². The van der Waals surface area contributed by atoms with Gasteiger partial charge in [-0.05, 0) is 24.3 Å². The molecule has 4 rings (SSSR count). The predicted octanol–water partition coefficient (Wildman–Crippen LogP) is -0.408. The maximum atomic E-state index is 13.5. The molecule has 3 aromatic rings. The van der Waals surface area contributed by atoms with E-state index in [1.54, 1.807) is 6.07 Å². The van der Waals surface area contributed by atoms with Gasteiger partial charge < -0.3 is 24.5 Å². The van der Waals surface area contributed by atoms with Gasteiger partial charge in [0.1, 0.15) is 35.9 Å². The van der Waals surface area contributed by atoms with E-state index in [1.165, 1.54) is 47.5 Å². The number of halogens is 1. The Kier molecular flexibility index (Phi) is 6.06. The molecule has 1 aliphatic heterocycles. The van der Waals surface area contributed by atoms with Gasteiger partial charge in [-0.25, -0.2) is 14.5 Å². The molecule has 12 heteroatoms. The third-order valence-corrected chi connectivity index (χ3v) is 4.90. The monoisotopic (exact) mass is 433 g/mol. The van der Waals surface area contributed by atoms with Crippen LogP contribution >= 0.6 is 0 Å². The van der Waals surface area contributed by atoms with Gasteiger partial charge in [0, 0.05) is 5.56 Å². The first-order valence-corrected chi connectivity index (χ1v) is 9.37. The number of hydrogen-bond acceptors (Lipinski definition) is 9. The second kappa shape index (κ2) is 8.91. The number of hydrogen-bond donors (Lipinski definition) is 5. The lowest BCUT2D eigenvalue weighted by molar-refractivity contribution is -0.216. The molecule has 1 amide bonds. The van der Waals surface area contributed by atoms with E-state index in [4.69, 9.17) is 9.15 Å². The number of ether oxygens (including phenoxy) is 1. The highest BCUT2D eigenvalue weighted by atomic mass is 19.1. The fourth-order valence-corrected chi connectivity index (χ4v) is 3.34. The third kappa shape index (κ3) is 4.33. The highest BCUT2D eigenvalue weighted by molar-refractivity contribution is 5.90. The molecule has 0 aliphatic carbocycles. The average Bonchev–Trinajstić information content (AvgIpc) is 3.46. The van der Waals surface area contributed by atoms with Crippen molar-refractivity contribution in [3.8, 4) is 11.3 Å². The second-order valence-corrected chi connectivity index (χ2v) is 6.92. The normalized spacial score (nSPS) is 26.0. The fraction of sp³-hybridized carbons (Fsp3) is 0.316. The Morgan fingerprint density at radius 3 is 2.77 bits per heavy atom. The lowest BCUT2D eigenvalue weighted by Gasteiger charge is -2.42. The average molecular weight is 433 g/mol. The van der Waals surface area contributed by atoms with Crippen molar-refractivity contribution < 1.29 is 33.7 Å². The van der Waals surface area contributed by atoms with Crippen molar-refractivity contribution in [2.24, 2.45) is 0 Å². The third-order valence-electron chi connectivity index (χ3n) is 4.90. The number of carbonyl (C=O) groups is 1. The zero-order valence-electron chi connectivity index (χ0n) is 16.0. The number of nitrogens with zero attached hydrogens (tertiary/aromatic N) is 3. The number of aliphatic hydroxyl groups is 3. The van der Waals surface area contributed by atoms with Crippen molar-refractivity contribution in [2.75, 3.05) is 6.61 Å². The van der Waals surface area contributed by atoms with Gasteiger partial charge in [0.05, 0.1) is 19.1 Å². The molecular formula is C19H20FN5O6. The number of rotatable bonds is 6. The second-order valence-electron chi connectivity index (χ2n) is 6.92. The molecule has 3 heterocycles. The SMILES string of the molecule is O=C(NN[C@H]1O[C@@H](CO)[C@@H](O)[C@@H](n2cc(-c3cccc(F)c3)nn2)[C@@H]1O)c1ccco1. The molecule has 0 bridgehead atoms. The number of furan rings is 1. The molecule has 11 nitrogen and oxygen atoms in total.